The van der Waals surface area contributed by atoms with Crippen molar-refractivity contribution in [3.05, 3.63) is 47.3 Å². The Morgan fingerprint density at radius 3 is 2.50 bits per heavy atom. The van der Waals surface area contributed by atoms with E-state index in [1.807, 2.05) is 36.9 Å². The number of rotatable bonds is 8. The summed E-state index contributed by atoms with van der Waals surface area (Å²) >= 11 is 0. The second-order valence-corrected chi connectivity index (χ2v) is 9.70. The zero-order valence-corrected chi connectivity index (χ0v) is 20.2. The van der Waals surface area contributed by atoms with Gasteiger partial charge in [0.15, 0.2) is 5.69 Å². The van der Waals surface area contributed by atoms with Gasteiger partial charge in [-0.1, -0.05) is 26.0 Å². The molecule has 2 heterocycles. The normalized spacial score (nSPS) is 16.5. The fourth-order valence-electron chi connectivity index (χ4n) is 4.11. The lowest BCUT2D eigenvalue weighted by Gasteiger charge is -2.35. The second-order valence-electron chi connectivity index (χ2n) is 9.70. The van der Waals surface area contributed by atoms with E-state index in [1.165, 1.54) is 4.68 Å². The van der Waals surface area contributed by atoms with Crippen LogP contribution in [0.25, 0.3) is 0 Å². The van der Waals surface area contributed by atoms with Gasteiger partial charge in [-0.25, -0.2) is 0 Å². The second kappa shape index (κ2) is 10.4. The lowest BCUT2D eigenvalue weighted by atomic mass is 10.1. The largest absolute Gasteiger partial charge is 0.350 e. The number of aromatic nitrogens is 2. The van der Waals surface area contributed by atoms with Crippen LogP contribution in [0.3, 0.4) is 0 Å². The van der Waals surface area contributed by atoms with E-state index in [9.17, 15) is 14.4 Å². The van der Waals surface area contributed by atoms with Gasteiger partial charge in [0.25, 0.3) is 11.8 Å². The molecule has 9 heteroatoms. The summed E-state index contributed by atoms with van der Waals surface area (Å²) in [6, 6.07) is 7.52. The van der Waals surface area contributed by atoms with Crippen LogP contribution in [0.2, 0.25) is 0 Å². The fraction of sp³-hybridized carbons (Fsp3) is 0.520. The molecule has 1 saturated carbocycles. The Balaban J connectivity index is 1.35. The molecule has 1 aromatic heterocycles. The molecule has 2 N–H and O–H groups in total. The zero-order chi connectivity index (χ0) is 24.2. The molecule has 9 nitrogen and oxygen atoms in total. The molecular weight excluding hydrogens is 432 g/mol. The molecule has 2 fully saturated rings. The SMILES string of the molecule is CC(C)CNC(=O)c1nn(C)cc1NC(=O)c1cccc(CN2CCN(C(=O)C3CC3)CC2)c1. The Morgan fingerprint density at radius 2 is 1.82 bits per heavy atom. The smallest absolute Gasteiger partial charge is 0.273 e. The maximum absolute atomic E-state index is 13.0. The van der Waals surface area contributed by atoms with Gasteiger partial charge in [-0.05, 0) is 36.5 Å². The van der Waals surface area contributed by atoms with Crippen molar-refractivity contribution in [2.45, 2.75) is 33.2 Å². The van der Waals surface area contributed by atoms with Gasteiger partial charge in [-0.3, -0.25) is 24.0 Å². The first-order chi connectivity index (χ1) is 16.3. The summed E-state index contributed by atoms with van der Waals surface area (Å²) in [5, 5.41) is 9.90. The molecule has 0 spiro atoms. The summed E-state index contributed by atoms with van der Waals surface area (Å²) in [6.45, 7) is 8.48. The summed E-state index contributed by atoms with van der Waals surface area (Å²) in [6.07, 6.45) is 3.71. The van der Waals surface area contributed by atoms with E-state index in [0.717, 1.165) is 51.1 Å². The third kappa shape index (κ3) is 6.02. The number of nitrogens with zero attached hydrogens (tertiary/aromatic N) is 4. The summed E-state index contributed by atoms with van der Waals surface area (Å²) < 4.78 is 1.52. The van der Waals surface area contributed by atoms with Gasteiger partial charge in [0.2, 0.25) is 5.91 Å². The molecule has 1 aliphatic carbocycles. The van der Waals surface area contributed by atoms with Gasteiger partial charge in [0, 0.05) is 64.0 Å². The topological polar surface area (TPSA) is 99.6 Å². The number of carbonyl (C=O) groups excluding carboxylic acids is 3. The number of hydrogen-bond donors (Lipinski definition) is 2. The van der Waals surface area contributed by atoms with Crippen LogP contribution in [0.15, 0.2) is 30.5 Å². The van der Waals surface area contributed by atoms with Crippen LogP contribution >= 0.6 is 0 Å². The Morgan fingerprint density at radius 1 is 1.09 bits per heavy atom. The highest BCUT2D eigenvalue weighted by molar-refractivity contribution is 6.08. The van der Waals surface area contributed by atoms with Crippen molar-refractivity contribution in [3.8, 4) is 0 Å². The van der Waals surface area contributed by atoms with E-state index in [1.54, 1.807) is 19.3 Å². The lowest BCUT2D eigenvalue weighted by molar-refractivity contribution is -0.134. The standard InChI is InChI=1S/C25H34N6O3/c1-17(2)14-26-24(33)22-21(16-29(3)28-22)27-23(32)20-6-4-5-18(13-20)15-30-9-11-31(12-10-30)25(34)19-7-8-19/h4-6,13,16-17,19H,7-12,14-15H2,1-3H3,(H,26,33)(H,27,32). The summed E-state index contributed by atoms with van der Waals surface area (Å²) in [5.74, 6) is 0.301. The number of carbonyl (C=O) groups is 3. The maximum Gasteiger partial charge on any atom is 0.273 e. The average Bonchev–Trinajstić information content (AvgIpc) is 3.60. The van der Waals surface area contributed by atoms with Crippen LogP contribution in [0.4, 0.5) is 5.69 Å². The van der Waals surface area contributed by atoms with E-state index in [4.69, 9.17) is 0 Å². The monoisotopic (exact) mass is 466 g/mol. The summed E-state index contributed by atoms with van der Waals surface area (Å²) in [4.78, 5) is 42.0. The molecule has 1 aliphatic heterocycles. The number of piperazine rings is 1. The van der Waals surface area contributed by atoms with Crippen molar-refractivity contribution in [2.75, 3.05) is 38.0 Å². The number of nitrogens with one attached hydrogen (secondary N) is 2. The van der Waals surface area contributed by atoms with E-state index in [-0.39, 0.29) is 23.4 Å². The van der Waals surface area contributed by atoms with Crippen LogP contribution in [0, 0.1) is 11.8 Å². The van der Waals surface area contributed by atoms with Crippen molar-refractivity contribution in [1.29, 1.82) is 0 Å². The third-order valence-corrected chi connectivity index (χ3v) is 6.17. The molecule has 0 atom stereocenters. The minimum absolute atomic E-state index is 0.200. The predicted octanol–water partition coefficient (Wildman–Crippen LogP) is 2.11. The molecule has 0 radical (unpaired) electrons. The highest BCUT2D eigenvalue weighted by atomic mass is 16.2. The average molecular weight is 467 g/mol. The van der Waals surface area contributed by atoms with E-state index >= 15 is 0 Å². The number of aryl methyl sites for hydroxylation is 1. The van der Waals surface area contributed by atoms with Crippen molar-refractivity contribution in [3.63, 3.8) is 0 Å². The van der Waals surface area contributed by atoms with Crippen LogP contribution < -0.4 is 10.6 Å². The Labute approximate surface area is 200 Å². The minimum atomic E-state index is -0.308. The molecule has 182 valence electrons. The molecule has 1 saturated heterocycles. The van der Waals surface area contributed by atoms with Gasteiger partial charge in [0.05, 0.1) is 5.69 Å². The number of hydrogen-bond acceptors (Lipinski definition) is 5. The Hall–Kier alpha value is -3.20. The fourth-order valence-corrected chi connectivity index (χ4v) is 4.11. The lowest BCUT2D eigenvalue weighted by Crippen LogP contribution is -2.48. The van der Waals surface area contributed by atoms with Crippen LogP contribution in [0.5, 0.6) is 0 Å². The van der Waals surface area contributed by atoms with E-state index in [0.29, 0.717) is 29.6 Å². The quantitative estimate of drug-likeness (QED) is 0.621. The first-order valence-corrected chi connectivity index (χ1v) is 12.0. The molecule has 1 aromatic carbocycles. The minimum Gasteiger partial charge on any atom is -0.350 e. The van der Waals surface area contributed by atoms with Gasteiger partial charge >= 0.3 is 0 Å². The predicted molar refractivity (Wildman–Crippen MR) is 129 cm³/mol. The molecule has 3 amide bonds. The molecule has 34 heavy (non-hydrogen) atoms. The first kappa shape index (κ1) is 23.9. The Bertz CT molecular complexity index is 1050. The van der Waals surface area contributed by atoms with E-state index < -0.39 is 0 Å². The number of benzene rings is 1. The number of anilines is 1. The third-order valence-electron chi connectivity index (χ3n) is 6.17. The van der Waals surface area contributed by atoms with Crippen LogP contribution in [-0.4, -0.2) is 70.0 Å². The van der Waals surface area contributed by atoms with Crippen molar-refractivity contribution in [1.82, 2.24) is 24.9 Å². The highest BCUT2D eigenvalue weighted by Crippen LogP contribution is 2.31. The van der Waals surface area contributed by atoms with Crippen molar-refractivity contribution >= 4 is 23.4 Å². The molecule has 2 aromatic rings. The first-order valence-electron chi connectivity index (χ1n) is 12.0. The number of amides is 3. The van der Waals surface area contributed by atoms with Gasteiger partial charge < -0.3 is 15.5 Å². The molecule has 2 aliphatic rings. The zero-order valence-electron chi connectivity index (χ0n) is 20.2. The van der Waals surface area contributed by atoms with Gasteiger partial charge in [-0.2, -0.15) is 5.10 Å². The van der Waals surface area contributed by atoms with Crippen molar-refractivity contribution in [2.24, 2.45) is 18.9 Å². The van der Waals surface area contributed by atoms with Crippen molar-refractivity contribution < 1.29 is 14.4 Å². The molecule has 4 rings (SSSR count). The van der Waals surface area contributed by atoms with E-state index in [2.05, 4.69) is 20.6 Å². The van der Waals surface area contributed by atoms with Gasteiger partial charge in [-0.15, -0.1) is 0 Å². The molecule has 0 bridgehead atoms. The van der Waals surface area contributed by atoms with Gasteiger partial charge in [0.1, 0.15) is 0 Å². The van der Waals surface area contributed by atoms with Crippen LogP contribution in [-0.2, 0) is 18.4 Å². The molecular formula is C25H34N6O3. The maximum atomic E-state index is 13.0. The Kier molecular flexibility index (Phi) is 7.31. The summed E-state index contributed by atoms with van der Waals surface area (Å²) in [5.41, 5.74) is 2.15. The van der Waals surface area contributed by atoms with Crippen LogP contribution in [0.1, 0.15) is 53.1 Å². The highest BCUT2D eigenvalue weighted by Gasteiger charge is 2.34. The molecule has 0 unspecified atom stereocenters. The summed E-state index contributed by atoms with van der Waals surface area (Å²) in [7, 11) is 1.72.